The van der Waals surface area contributed by atoms with Crippen molar-refractivity contribution in [1.29, 1.82) is 5.26 Å². The number of nitrogens with zero attached hydrogens (tertiary/aromatic N) is 3. The summed E-state index contributed by atoms with van der Waals surface area (Å²) in [7, 11) is 1.65. The van der Waals surface area contributed by atoms with Gasteiger partial charge in [-0.25, -0.2) is 9.97 Å². The molecule has 3 rings (SSSR count). The van der Waals surface area contributed by atoms with Crippen LogP contribution in [0.15, 0.2) is 53.7 Å². The van der Waals surface area contributed by atoms with E-state index in [1.165, 1.54) is 11.8 Å². The molecule has 0 saturated carbocycles. The number of nitrogens with one attached hydrogen (secondary N) is 1. The number of methoxy groups -OCH3 is 1. The summed E-state index contributed by atoms with van der Waals surface area (Å²) in [4.78, 5) is 9.05. The number of nitriles is 1. The number of fused-ring (bicyclic) bond motifs is 1. The lowest BCUT2D eigenvalue weighted by Crippen LogP contribution is -2.04. The maximum Gasteiger partial charge on any atom is 0.191 e. The largest absolute Gasteiger partial charge is 0.497 e. The minimum absolute atomic E-state index is 0.330. The minimum atomic E-state index is 0.330. The van der Waals surface area contributed by atoms with Crippen LogP contribution in [-0.2, 0) is 6.54 Å². The quantitative estimate of drug-likeness (QED) is 0.544. The van der Waals surface area contributed by atoms with Crippen LogP contribution in [0.2, 0.25) is 0 Å². The van der Waals surface area contributed by atoms with Gasteiger partial charge in [-0.3, -0.25) is 0 Å². The number of ether oxygens (including phenoxy) is 1. The first-order valence-electron chi connectivity index (χ1n) is 7.43. The fourth-order valence-electron chi connectivity index (χ4n) is 2.28. The average Bonchev–Trinajstić information content (AvgIpc) is 2.64. The van der Waals surface area contributed by atoms with Crippen molar-refractivity contribution in [3.8, 4) is 11.8 Å². The molecule has 0 unspecified atom stereocenters. The molecule has 0 aliphatic carbocycles. The lowest BCUT2D eigenvalue weighted by Gasteiger charge is -2.10. The third kappa shape index (κ3) is 3.76. The van der Waals surface area contributed by atoms with Crippen molar-refractivity contribution in [3.63, 3.8) is 0 Å². The second kappa shape index (κ2) is 7.66. The van der Waals surface area contributed by atoms with E-state index < -0.39 is 0 Å². The molecule has 3 aromatic rings. The van der Waals surface area contributed by atoms with Crippen molar-refractivity contribution < 1.29 is 4.74 Å². The van der Waals surface area contributed by atoms with Crippen LogP contribution in [0.5, 0.6) is 5.75 Å². The molecule has 1 aromatic heterocycles. The zero-order valence-electron chi connectivity index (χ0n) is 13.2. The fourth-order valence-corrected chi connectivity index (χ4v) is 2.79. The van der Waals surface area contributed by atoms with Crippen molar-refractivity contribution in [2.75, 3.05) is 18.2 Å². The van der Waals surface area contributed by atoms with Crippen LogP contribution in [0.25, 0.3) is 10.9 Å². The highest BCUT2D eigenvalue weighted by molar-refractivity contribution is 7.99. The molecule has 0 aliphatic rings. The Morgan fingerprint density at radius 1 is 1.12 bits per heavy atom. The van der Waals surface area contributed by atoms with Gasteiger partial charge in [0, 0.05) is 11.9 Å². The number of aromatic nitrogens is 2. The molecule has 0 saturated heterocycles. The SMILES string of the molecule is COc1ccc(CNc2nc(SCC#N)nc3ccccc23)cc1. The Morgan fingerprint density at radius 3 is 2.67 bits per heavy atom. The standard InChI is InChI=1S/C18H16N4OS/c1-23-14-8-6-13(7-9-14)12-20-17-15-4-2-3-5-16(15)21-18(22-17)24-11-10-19/h2-9H,11-12H2,1H3,(H,20,21,22). The first kappa shape index (κ1) is 16.1. The molecule has 1 heterocycles. The van der Waals surface area contributed by atoms with E-state index in [2.05, 4.69) is 21.4 Å². The van der Waals surface area contributed by atoms with Gasteiger partial charge in [-0.1, -0.05) is 36.0 Å². The molecular formula is C18H16N4OS. The number of hydrogen-bond acceptors (Lipinski definition) is 6. The average molecular weight is 336 g/mol. The lowest BCUT2D eigenvalue weighted by molar-refractivity contribution is 0.414. The van der Waals surface area contributed by atoms with Gasteiger partial charge in [0.1, 0.15) is 11.6 Å². The van der Waals surface area contributed by atoms with Gasteiger partial charge in [0.15, 0.2) is 5.16 Å². The second-order valence-electron chi connectivity index (χ2n) is 5.02. The molecule has 1 N–H and O–H groups in total. The van der Waals surface area contributed by atoms with Gasteiger partial charge >= 0.3 is 0 Å². The van der Waals surface area contributed by atoms with Crippen molar-refractivity contribution in [3.05, 3.63) is 54.1 Å². The first-order chi connectivity index (χ1) is 11.8. The Labute approximate surface area is 144 Å². The molecule has 120 valence electrons. The number of rotatable bonds is 6. The molecule has 2 aromatic carbocycles. The summed E-state index contributed by atoms with van der Waals surface area (Å²) in [6.45, 7) is 0.646. The predicted octanol–water partition coefficient (Wildman–Crippen LogP) is 3.87. The Hall–Kier alpha value is -2.78. The molecule has 5 nitrogen and oxygen atoms in total. The van der Waals surface area contributed by atoms with Crippen molar-refractivity contribution in [2.45, 2.75) is 11.7 Å². The zero-order valence-corrected chi connectivity index (χ0v) is 14.0. The van der Waals surface area contributed by atoms with E-state index in [-0.39, 0.29) is 0 Å². The van der Waals surface area contributed by atoms with Crippen molar-refractivity contribution >= 4 is 28.5 Å². The highest BCUT2D eigenvalue weighted by Gasteiger charge is 2.08. The molecule has 0 radical (unpaired) electrons. The van der Waals surface area contributed by atoms with E-state index in [0.29, 0.717) is 17.5 Å². The van der Waals surface area contributed by atoms with E-state index in [4.69, 9.17) is 10.00 Å². The highest BCUT2D eigenvalue weighted by atomic mass is 32.2. The number of anilines is 1. The third-order valence-electron chi connectivity index (χ3n) is 3.47. The summed E-state index contributed by atoms with van der Waals surface area (Å²) < 4.78 is 5.17. The van der Waals surface area contributed by atoms with Gasteiger partial charge in [-0.15, -0.1) is 0 Å². The Kier molecular flexibility index (Phi) is 5.14. The van der Waals surface area contributed by atoms with Crippen LogP contribution in [-0.4, -0.2) is 22.8 Å². The normalized spacial score (nSPS) is 10.3. The Balaban J connectivity index is 1.85. The van der Waals surface area contributed by atoms with Crippen LogP contribution in [0.1, 0.15) is 5.56 Å². The lowest BCUT2D eigenvalue weighted by atomic mass is 10.2. The zero-order chi connectivity index (χ0) is 16.8. The first-order valence-corrected chi connectivity index (χ1v) is 8.42. The molecule has 0 fully saturated rings. The van der Waals surface area contributed by atoms with Gasteiger partial charge in [0.25, 0.3) is 0 Å². The van der Waals surface area contributed by atoms with Crippen LogP contribution in [0, 0.1) is 11.3 Å². The van der Waals surface area contributed by atoms with Crippen molar-refractivity contribution in [1.82, 2.24) is 9.97 Å². The third-order valence-corrected chi connectivity index (χ3v) is 4.18. The summed E-state index contributed by atoms with van der Waals surface area (Å²) >= 11 is 1.34. The number of hydrogen-bond donors (Lipinski definition) is 1. The van der Waals surface area contributed by atoms with Crippen molar-refractivity contribution in [2.24, 2.45) is 0 Å². The van der Waals surface area contributed by atoms with Crippen LogP contribution in [0.3, 0.4) is 0 Å². The molecule has 24 heavy (non-hydrogen) atoms. The summed E-state index contributed by atoms with van der Waals surface area (Å²) in [5.41, 5.74) is 2.00. The van der Waals surface area contributed by atoms with E-state index in [1.54, 1.807) is 7.11 Å². The molecule has 6 heteroatoms. The fraction of sp³-hybridized carbons (Fsp3) is 0.167. The molecule has 0 aliphatic heterocycles. The Bertz CT molecular complexity index is 874. The summed E-state index contributed by atoms with van der Waals surface area (Å²) in [6, 6.07) is 17.9. The van der Waals surface area contributed by atoms with Gasteiger partial charge in [0.05, 0.1) is 24.4 Å². The predicted molar refractivity (Wildman–Crippen MR) is 96.2 cm³/mol. The smallest absolute Gasteiger partial charge is 0.191 e. The van der Waals surface area contributed by atoms with E-state index in [9.17, 15) is 0 Å². The maximum atomic E-state index is 8.75. The van der Waals surface area contributed by atoms with Crippen LogP contribution < -0.4 is 10.1 Å². The van der Waals surface area contributed by atoms with Gasteiger partial charge in [0.2, 0.25) is 0 Å². The topological polar surface area (TPSA) is 70.8 Å². The summed E-state index contributed by atoms with van der Waals surface area (Å²) in [5.74, 6) is 1.94. The minimum Gasteiger partial charge on any atom is -0.497 e. The maximum absolute atomic E-state index is 8.75. The highest BCUT2D eigenvalue weighted by Crippen LogP contribution is 2.24. The second-order valence-corrected chi connectivity index (χ2v) is 5.96. The number of para-hydroxylation sites is 1. The summed E-state index contributed by atoms with van der Waals surface area (Å²) in [6.07, 6.45) is 0. The number of benzene rings is 2. The van der Waals surface area contributed by atoms with E-state index in [1.807, 2.05) is 48.5 Å². The summed E-state index contributed by atoms with van der Waals surface area (Å²) in [5, 5.41) is 13.7. The van der Waals surface area contributed by atoms with Gasteiger partial charge < -0.3 is 10.1 Å². The molecule has 0 amide bonds. The van der Waals surface area contributed by atoms with E-state index >= 15 is 0 Å². The monoisotopic (exact) mass is 336 g/mol. The van der Waals surface area contributed by atoms with E-state index in [0.717, 1.165) is 28.0 Å². The molecule has 0 spiro atoms. The number of thioether (sulfide) groups is 1. The molecular weight excluding hydrogens is 320 g/mol. The molecule has 0 atom stereocenters. The van der Waals surface area contributed by atoms with Gasteiger partial charge in [-0.05, 0) is 29.8 Å². The van der Waals surface area contributed by atoms with Gasteiger partial charge in [-0.2, -0.15) is 5.26 Å². The Morgan fingerprint density at radius 2 is 1.92 bits per heavy atom. The van der Waals surface area contributed by atoms with Crippen LogP contribution >= 0.6 is 11.8 Å². The molecule has 0 bridgehead atoms. The van der Waals surface area contributed by atoms with Crippen LogP contribution in [0.4, 0.5) is 5.82 Å².